The highest BCUT2D eigenvalue weighted by Crippen LogP contribution is 2.35. The highest BCUT2D eigenvalue weighted by molar-refractivity contribution is 5.91. The Morgan fingerprint density at radius 3 is 2.60 bits per heavy atom. The van der Waals surface area contributed by atoms with Crippen LogP contribution in [0.3, 0.4) is 0 Å². The van der Waals surface area contributed by atoms with E-state index in [0.29, 0.717) is 16.7 Å². The van der Waals surface area contributed by atoms with Gasteiger partial charge in [-0.1, -0.05) is 12.1 Å². The molecule has 2 heterocycles. The molecule has 1 aliphatic heterocycles. The first kappa shape index (κ1) is 20.3. The lowest BCUT2D eigenvalue weighted by Crippen LogP contribution is -2.43. The second-order valence-electron chi connectivity index (χ2n) is 7.15. The van der Waals surface area contributed by atoms with Crippen molar-refractivity contribution in [2.75, 3.05) is 36.4 Å². The molecule has 0 radical (unpaired) electrons. The van der Waals surface area contributed by atoms with Crippen molar-refractivity contribution in [2.24, 2.45) is 0 Å². The number of nitrogens with one attached hydrogen (secondary N) is 2. The fourth-order valence-corrected chi connectivity index (χ4v) is 3.58. The van der Waals surface area contributed by atoms with Gasteiger partial charge in [-0.15, -0.1) is 10.2 Å². The topological polar surface area (TPSA) is 66.0 Å². The molecule has 158 valence electrons. The van der Waals surface area contributed by atoms with Crippen molar-refractivity contribution < 1.29 is 17.6 Å². The molecule has 0 bridgehead atoms. The summed E-state index contributed by atoms with van der Waals surface area (Å²) in [6.07, 6.45) is -4.76. The molecule has 2 N–H and O–H groups in total. The molecule has 1 aromatic heterocycles. The third-order valence-electron chi connectivity index (χ3n) is 5.17. The van der Waals surface area contributed by atoms with Crippen molar-refractivity contribution in [2.45, 2.75) is 19.1 Å². The molecule has 1 saturated heterocycles. The quantitative estimate of drug-likeness (QED) is 0.627. The number of anilines is 2. The van der Waals surface area contributed by atoms with Gasteiger partial charge in [0.1, 0.15) is 5.82 Å². The molecular weight excluding hydrogens is 400 g/mol. The van der Waals surface area contributed by atoms with Crippen LogP contribution in [0.1, 0.15) is 24.1 Å². The Morgan fingerprint density at radius 1 is 1.10 bits per heavy atom. The Hall–Kier alpha value is -3.01. The van der Waals surface area contributed by atoms with E-state index < -0.39 is 23.6 Å². The largest absolute Gasteiger partial charge is 0.419 e. The molecule has 0 saturated carbocycles. The molecule has 6 nitrogen and oxygen atoms in total. The van der Waals surface area contributed by atoms with Gasteiger partial charge < -0.3 is 15.5 Å². The third kappa shape index (κ3) is 4.00. The summed E-state index contributed by atoms with van der Waals surface area (Å²) in [5.41, 5.74) is 0.179. The Kier molecular flexibility index (Phi) is 5.42. The molecule has 1 fully saturated rings. The van der Waals surface area contributed by atoms with Gasteiger partial charge in [-0.3, -0.25) is 0 Å². The average Bonchev–Trinajstić information content (AvgIpc) is 2.73. The van der Waals surface area contributed by atoms with Crippen LogP contribution in [0.25, 0.3) is 10.9 Å². The molecule has 0 spiro atoms. The van der Waals surface area contributed by atoms with Crippen molar-refractivity contribution in [3.05, 3.63) is 53.3 Å². The van der Waals surface area contributed by atoms with Crippen molar-refractivity contribution >= 4 is 22.4 Å². The number of hydrogen-bond donors (Lipinski definition) is 2. The van der Waals surface area contributed by atoms with E-state index in [4.69, 9.17) is 0 Å². The first-order valence-electron chi connectivity index (χ1n) is 9.55. The number of nitrogens with zero attached hydrogens (tertiary/aromatic N) is 4. The Balaban J connectivity index is 1.67. The maximum atomic E-state index is 14.5. The van der Waals surface area contributed by atoms with Gasteiger partial charge in [0.15, 0.2) is 5.82 Å². The predicted octanol–water partition coefficient (Wildman–Crippen LogP) is 3.77. The summed E-state index contributed by atoms with van der Waals surface area (Å²) in [7, 11) is 0. The zero-order valence-corrected chi connectivity index (χ0v) is 16.2. The van der Waals surface area contributed by atoms with E-state index in [0.717, 1.165) is 37.9 Å². The maximum Gasteiger partial charge on any atom is 0.419 e. The fourth-order valence-electron chi connectivity index (χ4n) is 3.58. The molecule has 1 aliphatic rings. The van der Waals surface area contributed by atoms with Crippen molar-refractivity contribution in [1.29, 1.82) is 0 Å². The van der Waals surface area contributed by atoms with Crippen LogP contribution in [0.15, 0.2) is 36.4 Å². The van der Waals surface area contributed by atoms with Crippen molar-refractivity contribution in [3.8, 4) is 0 Å². The van der Waals surface area contributed by atoms with Gasteiger partial charge in [0.25, 0.3) is 0 Å². The summed E-state index contributed by atoms with van der Waals surface area (Å²) in [4.78, 5) is 2.22. The van der Waals surface area contributed by atoms with Gasteiger partial charge in [0.05, 0.1) is 17.1 Å². The second kappa shape index (κ2) is 8.02. The van der Waals surface area contributed by atoms with Crippen LogP contribution in [0, 0.1) is 5.82 Å². The summed E-state index contributed by atoms with van der Waals surface area (Å²) in [5, 5.41) is 18.7. The Morgan fingerprint density at radius 2 is 1.87 bits per heavy atom. The fraction of sp³-hybridized carbons (Fsp3) is 0.350. The van der Waals surface area contributed by atoms with Crippen LogP contribution in [-0.4, -0.2) is 41.6 Å². The van der Waals surface area contributed by atoms with Crippen LogP contribution < -0.4 is 15.5 Å². The molecular formula is C20H20F4N6. The molecule has 2 aromatic carbocycles. The highest BCUT2D eigenvalue weighted by atomic mass is 19.4. The minimum atomic E-state index is -4.76. The molecule has 1 atom stereocenters. The summed E-state index contributed by atoms with van der Waals surface area (Å²) in [5.74, 6) is -0.959. The molecule has 4 rings (SSSR count). The van der Waals surface area contributed by atoms with Crippen LogP contribution in [0.5, 0.6) is 0 Å². The third-order valence-corrected chi connectivity index (χ3v) is 5.17. The number of halogens is 4. The van der Waals surface area contributed by atoms with Gasteiger partial charge in [-0.25, -0.2) is 4.39 Å². The summed E-state index contributed by atoms with van der Waals surface area (Å²) >= 11 is 0. The molecule has 30 heavy (non-hydrogen) atoms. The number of alkyl halides is 3. The summed E-state index contributed by atoms with van der Waals surface area (Å²) in [6.45, 7) is 5.04. The summed E-state index contributed by atoms with van der Waals surface area (Å²) < 4.78 is 53.7. The number of fused-ring (bicyclic) bond motifs is 1. The monoisotopic (exact) mass is 420 g/mol. The average molecular weight is 420 g/mol. The van der Waals surface area contributed by atoms with E-state index >= 15 is 0 Å². The number of rotatable bonds is 4. The van der Waals surface area contributed by atoms with Crippen LogP contribution in [-0.2, 0) is 6.18 Å². The zero-order chi connectivity index (χ0) is 21.3. The first-order chi connectivity index (χ1) is 14.3. The number of benzene rings is 2. The molecule has 0 amide bonds. The van der Waals surface area contributed by atoms with Gasteiger partial charge in [0, 0.05) is 42.8 Å². The summed E-state index contributed by atoms with van der Waals surface area (Å²) in [6, 6.07) is 8.16. The zero-order valence-electron chi connectivity index (χ0n) is 16.2. The van der Waals surface area contributed by atoms with E-state index in [1.807, 2.05) is 18.2 Å². The van der Waals surface area contributed by atoms with Gasteiger partial charge in [0.2, 0.25) is 0 Å². The predicted molar refractivity (Wildman–Crippen MR) is 106 cm³/mol. The number of hydrogen-bond acceptors (Lipinski definition) is 6. The second-order valence-corrected chi connectivity index (χ2v) is 7.15. The van der Waals surface area contributed by atoms with E-state index in [2.05, 4.69) is 30.9 Å². The van der Waals surface area contributed by atoms with E-state index in [1.165, 1.54) is 12.1 Å². The lowest BCUT2D eigenvalue weighted by atomic mass is 10.0. The molecule has 0 unspecified atom stereocenters. The molecule has 0 aliphatic carbocycles. The lowest BCUT2D eigenvalue weighted by molar-refractivity contribution is -0.140. The van der Waals surface area contributed by atoms with Crippen LogP contribution in [0.2, 0.25) is 0 Å². The Bertz CT molecular complexity index is 1050. The number of piperazine rings is 1. The van der Waals surface area contributed by atoms with E-state index in [9.17, 15) is 17.6 Å². The Labute approximate surface area is 170 Å². The first-order valence-corrected chi connectivity index (χ1v) is 9.55. The standard InChI is InChI=1S/C20H20F4N6/c1-12(14-3-2-4-16(18(14)21)20(22,23)24)26-19-15-11-13(30-9-7-25-8-10-30)5-6-17(15)27-29-28-19/h2-6,11-12,25H,7-10H2,1H3,(H,26,27,28)/t12-/m1/s1. The highest BCUT2D eigenvalue weighted by Gasteiger charge is 2.35. The maximum absolute atomic E-state index is 14.5. The van der Waals surface area contributed by atoms with Gasteiger partial charge >= 0.3 is 6.18 Å². The lowest BCUT2D eigenvalue weighted by Gasteiger charge is -2.29. The SMILES string of the molecule is C[C@@H](Nc1nnnc2ccc(N3CCNCC3)cc12)c1cccc(C(F)(F)F)c1F. The van der Waals surface area contributed by atoms with Gasteiger partial charge in [-0.2, -0.15) is 13.2 Å². The van der Waals surface area contributed by atoms with E-state index in [1.54, 1.807) is 6.92 Å². The van der Waals surface area contributed by atoms with Crippen molar-refractivity contribution in [3.63, 3.8) is 0 Å². The van der Waals surface area contributed by atoms with Crippen molar-refractivity contribution in [1.82, 2.24) is 20.7 Å². The molecule has 10 heteroatoms. The normalized spacial score (nSPS) is 16.0. The van der Waals surface area contributed by atoms with E-state index in [-0.39, 0.29) is 5.56 Å². The molecule has 3 aromatic rings. The minimum absolute atomic E-state index is 0.102. The van der Waals surface area contributed by atoms with Gasteiger partial charge in [-0.05, 0) is 36.4 Å². The van der Waals surface area contributed by atoms with Crippen LogP contribution in [0.4, 0.5) is 29.1 Å². The number of aromatic nitrogens is 3. The smallest absolute Gasteiger partial charge is 0.369 e. The van der Waals surface area contributed by atoms with Crippen LogP contribution >= 0.6 is 0 Å². The minimum Gasteiger partial charge on any atom is -0.369 e.